The van der Waals surface area contributed by atoms with E-state index in [-0.39, 0.29) is 0 Å². The van der Waals surface area contributed by atoms with Crippen molar-refractivity contribution in [3.8, 4) is 0 Å². The average Bonchev–Trinajstić information content (AvgIpc) is 1.61. The van der Waals surface area contributed by atoms with Gasteiger partial charge in [0.15, 0.2) is 6.34 Å². The van der Waals surface area contributed by atoms with Crippen LogP contribution >= 0.6 is 11.8 Å². The molecule has 5 heteroatoms. The summed E-state index contributed by atoms with van der Waals surface area (Å²) in [7, 11) is 0. The third kappa shape index (κ3) is 3.36. The minimum absolute atomic E-state index is 1.03. The lowest BCUT2D eigenvalue weighted by atomic mass is 11.4. The van der Waals surface area contributed by atoms with E-state index in [2.05, 4.69) is 20.7 Å². The zero-order valence-electron chi connectivity index (χ0n) is 2.87. The van der Waals surface area contributed by atoms with Crippen molar-refractivity contribution in [2.24, 2.45) is 20.7 Å². The van der Waals surface area contributed by atoms with Crippen LogP contribution < -0.4 is 5.84 Å². The van der Waals surface area contributed by atoms with Crippen molar-refractivity contribution in [2.45, 2.75) is 0 Å². The van der Waals surface area contributed by atoms with E-state index in [1.165, 1.54) is 0 Å². The second-order valence-electron chi connectivity index (χ2n) is 0.456. The molecule has 0 atom stereocenters. The van der Waals surface area contributed by atoms with Gasteiger partial charge in [-0.15, -0.1) is 5.11 Å². The summed E-state index contributed by atoms with van der Waals surface area (Å²) in [4.78, 5) is 0. The maximum Gasteiger partial charge on any atom is 0.158 e. The van der Waals surface area contributed by atoms with E-state index in [1.54, 1.807) is 0 Å². The maximum absolute atomic E-state index is 4.69. The van der Waals surface area contributed by atoms with E-state index >= 15 is 0 Å². The van der Waals surface area contributed by atoms with E-state index < -0.39 is 0 Å². The standard InChI is InChI=1S/CH3ClN4/c2-6-5-1-4-3/h1H,3H2. The molecular formula is CH3ClN4. The topological polar surface area (TPSA) is 63.1 Å². The fourth-order valence-corrected chi connectivity index (χ4v) is 0.0884. The maximum atomic E-state index is 4.69. The fraction of sp³-hybridized carbons (Fsp3) is 0. The molecule has 0 saturated carbocycles. The number of hydrogen-bond acceptors (Lipinski definition) is 3. The minimum atomic E-state index is 1.03. The summed E-state index contributed by atoms with van der Waals surface area (Å²) in [6.45, 7) is 0. The quantitative estimate of drug-likeness (QED) is 0.171. The van der Waals surface area contributed by atoms with Gasteiger partial charge < -0.3 is 5.84 Å². The van der Waals surface area contributed by atoms with Gasteiger partial charge in [-0.05, 0) is 0 Å². The van der Waals surface area contributed by atoms with Gasteiger partial charge in [0.1, 0.15) is 0 Å². The van der Waals surface area contributed by atoms with Gasteiger partial charge in [0.2, 0.25) is 0 Å². The van der Waals surface area contributed by atoms with Crippen LogP contribution in [0.2, 0.25) is 0 Å². The van der Waals surface area contributed by atoms with Crippen molar-refractivity contribution in [1.29, 1.82) is 0 Å². The first kappa shape index (κ1) is 5.36. The summed E-state index contributed by atoms with van der Waals surface area (Å²) in [5.41, 5.74) is 0. The molecule has 0 saturated heterocycles. The number of nitrogens with two attached hydrogens (primary N) is 1. The Morgan fingerprint density at radius 2 is 2.33 bits per heavy atom. The molecule has 0 unspecified atom stereocenters. The Hall–Kier alpha value is -0.640. The molecule has 34 valence electrons. The van der Waals surface area contributed by atoms with Gasteiger partial charge in [-0.3, -0.25) is 0 Å². The summed E-state index contributed by atoms with van der Waals surface area (Å²) in [6.07, 6.45) is 1.03. The molecule has 0 bridgehead atoms. The van der Waals surface area contributed by atoms with E-state index in [4.69, 9.17) is 11.8 Å². The van der Waals surface area contributed by atoms with Crippen LogP contribution in [0.4, 0.5) is 0 Å². The predicted octanol–water partition coefficient (Wildman–Crippen LogP) is 0.494. The Balaban J connectivity index is 3.07. The van der Waals surface area contributed by atoms with Gasteiger partial charge in [0.25, 0.3) is 0 Å². The molecule has 0 aliphatic carbocycles. The van der Waals surface area contributed by atoms with Crippen molar-refractivity contribution in [2.75, 3.05) is 0 Å². The lowest BCUT2D eigenvalue weighted by Gasteiger charge is -1.62. The van der Waals surface area contributed by atoms with E-state index in [0.29, 0.717) is 0 Å². The number of nitrogens with zero attached hydrogens (tertiary/aromatic N) is 3. The second kappa shape index (κ2) is 4.36. The van der Waals surface area contributed by atoms with E-state index in [0.717, 1.165) is 6.34 Å². The SMILES string of the molecule is NN=CN=NCl. The predicted molar refractivity (Wildman–Crippen MR) is 23.4 cm³/mol. The number of rotatable bonds is 1. The lowest BCUT2D eigenvalue weighted by Crippen LogP contribution is -1.76. The Morgan fingerprint density at radius 3 is 2.50 bits per heavy atom. The molecule has 0 amide bonds. The zero-order chi connectivity index (χ0) is 4.83. The van der Waals surface area contributed by atoms with Gasteiger partial charge in [-0.1, -0.05) is 4.63 Å². The first-order valence-electron chi connectivity index (χ1n) is 1.14. The molecule has 6 heavy (non-hydrogen) atoms. The zero-order valence-corrected chi connectivity index (χ0v) is 3.63. The normalized spacial score (nSPS) is 11.5. The summed E-state index contributed by atoms with van der Waals surface area (Å²) in [6, 6.07) is 0. The Labute approximate surface area is 39.8 Å². The van der Waals surface area contributed by atoms with Crippen LogP contribution in [0, 0.1) is 0 Å². The van der Waals surface area contributed by atoms with Crippen LogP contribution in [-0.4, -0.2) is 6.34 Å². The Bertz CT molecular complexity index is 55.9. The van der Waals surface area contributed by atoms with Crippen LogP contribution in [0.25, 0.3) is 0 Å². The molecule has 0 spiro atoms. The van der Waals surface area contributed by atoms with E-state index in [1.807, 2.05) is 0 Å². The smallest absolute Gasteiger partial charge is 0.158 e. The molecular weight excluding hydrogens is 103 g/mol. The first-order valence-corrected chi connectivity index (χ1v) is 1.48. The average molecular weight is 107 g/mol. The second-order valence-corrected chi connectivity index (χ2v) is 0.607. The summed E-state index contributed by atoms with van der Waals surface area (Å²) in [5.74, 6) is 4.57. The van der Waals surface area contributed by atoms with Crippen molar-refractivity contribution in [3.05, 3.63) is 0 Å². The van der Waals surface area contributed by atoms with Gasteiger partial charge in [-0.2, -0.15) is 5.10 Å². The van der Waals surface area contributed by atoms with E-state index in [9.17, 15) is 0 Å². The molecule has 0 radical (unpaired) electrons. The highest BCUT2D eigenvalue weighted by Gasteiger charge is 1.52. The van der Waals surface area contributed by atoms with Crippen molar-refractivity contribution >= 4 is 18.1 Å². The molecule has 0 aliphatic rings. The first-order chi connectivity index (χ1) is 2.91. The Morgan fingerprint density at radius 1 is 1.67 bits per heavy atom. The van der Waals surface area contributed by atoms with Crippen LogP contribution in [0.3, 0.4) is 0 Å². The molecule has 0 aromatic rings. The third-order valence-corrected chi connectivity index (χ3v) is 0.249. The van der Waals surface area contributed by atoms with Crippen molar-refractivity contribution in [1.82, 2.24) is 0 Å². The molecule has 0 rings (SSSR count). The van der Waals surface area contributed by atoms with Crippen molar-refractivity contribution in [3.63, 3.8) is 0 Å². The molecule has 0 aromatic carbocycles. The number of hydrazone groups is 1. The molecule has 2 N–H and O–H groups in total. The van der Waals surface area contributed by atoms with Crippen molar-refractivity contribution < 1.29 is 0 Å². The van der Waals surface area contributed by atoms with Crippen LogP contribution in [0.5, 0.6) is 0 Å². The van der Waals surface area contributed by atoms with Gasteiger partial charge in [0, 0.05) is 0 Å². The van der Waals surface area contributed by atoms with Crippen LogP contribution in [-0.2, 0) is 0 Å². The Kier molecular flexibility index (Phi) is 3.89. The van der Waals surface area contributed by atoms with Crippen LogP contribution in [0.1, 0.15) is 0 Å². The van der Waals surface area contributed by atoms with Gasteiger partial charge in [0.05, 0.1) is 11.8 Å². The summed E-state index contributed by atoms with van der Waals surface area (Å²) >= 11 is 4.69. The molecule has 0 heterocycles. The van der Waals surface area contributed by atoms with Crippen LogP contribution in [0.15, 0.2) is 14.8 Å². The monoisotopic (exact) mass is 106 g/mol. The minimum Gasteiger partial charge on any atom is -0.322 e. The highest BCUT2D eigenvalue weighted by Crippen LogP contribution is 1.72. The highest BCUT2D eigenvalue weighted by molar-refractivity contribution is 6.14. The van der Waals surface area contributed by atoms with Gasteiger partial charge >= 0.3 is 0 Å². The molecule has 0 aliphatic heterocycles. The molecule has 0 aromatic heterocycles. The summed E-state index contributed by atoms with van der Waals surface area (Å²) in [5, 5.41) is 6.02. The lowest BCUT2D eigenvalue weighted by molar-refractivity contribution is 1.24. The molecule has 0 fully saturated rings. The molecule has 4 nitrogen and oxygen atoms in total. The number of hydrogen-bond donors (Lipinski definition) is 1. The highest BCUT2D eigenvalue weighted by atomic mass is 35.5. The van der Waals surface area contributed by atoms with Gasteiger partial charge in [-0.25, -0.2) is 0 Å². The third-order valence-electron chi connectivity index (χ3n) is 0.162. The largest absolute Gasteiger partial charge is 0.322 e. The number of halogens is 1. The fourth-order valence-electron chi connectivity index (χ4n) is 0.0493. The summed E-state index contributed by atoms with van der Waals surface area (Å²) < 4.78 is 2.79.